The van der Waals surface area contributed by atoms with Crippen LogP contribution < -0.4 is 5.56 Å². The van der Waals surface area contributed by atoms with Gasteiger partial charge in [0, 0.05) is 5.56 Å². The van der Waals surface area contributed by atoms with Crippen LogP contribution in [0, 0.1) is 6.92 Å². The Morgan fingerprint density at radius 1 is 0.815 bits per heavy atom. The van der Waals surface area contributed by atoms with Gasteiger partial charge in [0.25, 0.3) is 5.56 Å². The van der Waals surface area contributed by atoms with Crippen LogP contribution in [0.15, 0.2) is 83.7 Å². The summed E-state index contributed by atoms with van der Waals surface area (Å²) in [6, 6.07) is 25.3. The molecule has 5 rings (SSSR count). The zero-order valence-corrected chi connectivity index (χ0v) is 14.7. The maximum Gasteiger partial charge on any atom is 0.267 e. The monoisotopic (exact) mass is 352 g/mol. The van der Waals surface area contributed by atoms with Gasteiger partial charge in [0.05, 0.1) is 16.6 Å². The van der Waals surface area contributed by atoms with Crippen molar-refractivity contribution >= 4 is 16.7 Å². The summed E-state index contributed by atoms with van der Waals surface area (Å²) < 4.78 is 3.58. The second kappa shape index (κ2) is 5.92. The summed E-state index contributed by atoms with van der Waals surface area (Å²) in [6.45, 7) is 1.99. The molecule has 0 aliphatic heterocycles. The number of nitrogens with zero attached hydrogens (tertiary/aromatic N) is 4. The van der Waals surface area contributed by atoms with Gasteiger partial charge in [-0.1, -0.05) is 60.2 Å². The first-order valence-electron chi connectivity index (χ1n) is 8.75. The van der Waals surface area contributed by atoms with E-state index in [4.69, 9.17) is 0 Å². The Labute approximate surface area is 155 Å². The maximum absolute atomic E-state index is 13.3. The minimum Gasteiger partial charge on any atom is -0.268 e. The molecule has 0 radical (unpaired) electrons. The summed E-state index contributed by atoms with van der Waals surface area (Å²) in [4.78, 5) is 13.3. The third-order valence-electron chi connectivity index (χ3n) is 4.72. The highest BCUT2D eigenvalue weighted by Crippen LogP contribution is 2.24. The number of rotatable bonds is 2. The molecule has 5 nitrogen and oxygen atoms in total. The molecule has 0 aliphatic rings. The lowest BCUT2D eigenvalue weighted by atomic mass is 10.1. The molecule has 27 heavy (non-hydrogen) atoms. The van der Waals surface area contributed by atoms with Crippen LogP contribution in [0.25, 0.3) is 33.8 Å². The zero-order valence-electron chi connectivity index (χ0n) is 14.7. The fraction of sp³-hybridized carbons (Fsp3) is 0.0455. The number of hydrogen-bond acceptors (Lipinski definition) is 3. The van der Waals surface area contributed by atoms with E-state index in [-0.39, 0.29) is 5.56 Å². The van der Waals surface area contributed by atoms with Crippen molar-refractivity contribution in [2.75, 3.05) is 0 Å². The predicted octanol–water partition coefficient (Wildman–Crippen LogP) is 4.01. The first-order chi connectivity index (χ1) is 13.2. The molecule has 2 aromatic heterocycles. The molecule has 0 unspecified atom stereocenters. The fourth-order valence-electron chi connectivity index (χ4n) is 3.45. The molecule has 0 aliphatic carbocycles. The van der Waals surface area contributed by atoms with E-state index >= 15 is 0 Å². The highest BCUT2D eigenvalue weighted by molar-refractivity contribution is 5.83. The van der Waals surface area contributed by atoms with E-state index < -0.39 is 0 Å². The van der Waals surface area contributed by atoms with Crippen LogP contribution in [0.3, 0.4) is 0 Å². The highest BCUT2D eigenvalue weighted by atomic mass is 16.1. The van der Waals surface area contributed by atoms with Crippen LogP contribution in [0.1, 0.15) is 5.56 Å². The number of aromatic nitrogens is 4. The Bertz CT molecular complexity index is 1340. The van der Waals surface area contributed by atoms with Gasteiger partial charge >= 0.3 is 0 Å². The topological polar surface area (TPSA) is 52.2 Å². The summed E-state index contributed by atoms with van der Waals surface area (Å²) in [6.07, 6.45) is 0. The number of para-hydroxylation sites is 1. The average molecular weight is 352 g/mol. The molecule has 0 saturated carbocycles. The Morgan fingerprint density at radius 2 is 1.52 bits per heavy atom. The fourth-order valence-corrected chi connectivity index (χ4v) is 3.45. The lowest BCUT2D eigenvalue weighted by Gasteiger charge is -2.12. The lowest BCUT2D eigenvalue weighted by Crippen LogP contribution is -2.22. The van der Waals surface area contributed by atoms with Crippen LogP contribution in [0.5, 0.6) is 0 Å². The van der Waals surface area contributed by atoms with Gasteiger partial charge < -0.3 is 0 Å². The predicted molar refractivity (Wildman–Crippen MR) is 106 cm³/mol. The van der Waals surface area contributed by atoms with Crippen molar-refractivity contribution in [2.24, 2.45) is 0 Å². The first-order valence-corrected chi connectivity index (χ1v) is 8.75. The Morgan fingerprint density at radius 3 is 2.26 bits per heavy atom. The van der Waals surface area contributed by atoms with Gasteiger partial charge in [0.1, 0.15) is 0 Å². The summed E-state index contributed by atoms with van der Waals surface area (Å²) in [5.41, 5.74) is 3.46. The number of fused-ring (bicyclic) bond motifs is 3. The smallest absolute Gasteiger partial charge is 0.267 e. The van der Waals surface area contributed by atoms with Crippen LogP contribution >= 0.6 is 0 Å². The standard InChI is InChI=1S/C22H16N4O/c1-15-12-13-19-18(14-15)21(27)25(17-10-6-3-7-11-17)22-24-23-20(26(19)22)16-8-4-2-5-9-16/h2-14H,1H3. The van der Waals surface area contributed by atoms with E-state index in [9.17, 15) is 4.79 Å². The van der Waals surface area contributed by atoms with Crippen LogP contribution in [-0.4, -0.2) is 19.2 Å². The number of benzene rings is 3. The number of aryl methyl sites for hydroxylation is 1. The van der Waals surface area contributed by atoms with E-state index in [1.54, 1.807) is 4.57 Å². The second-order valence-corrected chi connectivity index (χ2v) is 6.52. The molecule has 2 heterocycles. The molecule has 3 aromatic carbocycles. The van der Waals surface area contributed by atoms with Crippen molar-refractivity contribution in [1.82, 2.24) is 19.2 Å². The van der Waals surface area contributed by atoms with Crippen molar-refractivity contribution in [3.8, 4) is 17.1 Å². The quantitative estimate of drug-likeness (QED) is 0.482. The lowest BCUT2D eigenvalue weighted by molar-refractivity contribution is 0.966. The van der Waals surface area contributed by atoms with Crippen LogP contribution in [0.2, 0.25) is 0 Å². The zero-order chi connectivity index (χ0) is 18.4. The van der Waals surface area contributed by atoms with Gasteiger partial charge in [0.15, 0.2) is 5.82 Å². The Hall–Kier alpha value is -3.73. The Balaban J connectivity index is 2.00. The van der Waals surface area contributed by atoms with E-state index in [1.165, 1.54) is 0 Å². The minimum absolute atomic E-state index is 0.0978. The highest BCUT2D eigenvalue weighted by Gasteiger charge is 2.18. The van der Waals surface area contributed by atoms with Crippen molar-refractivity contribution in [3.63, 3.8) is 0 Å². The van der Waals surface area contributed by atoms with E-state index in [0.29, 0.717) is 17.0 Å². The minimum atomic E-state index is -0.0978. The molecule has 0 fully saturated rings. The van der Waals surface area contributed by atoms with Crippen molar-refractivity contribution in [2.45, 2.75) is 6.92 Å². The second-order valence-electron chi connectivity index (χ2n) is 6.52. The summed E-state index contributed by atoms with van der Waals surface area (Å²) in [7, 11) is 0. The molecule has 0 spiro atoms. The normalized spacial score (nSPS) is 11.3. The maximum atomic E-state index is 13.3. The molecule has 0 saturated heterocycles. The molecular weight excluding hydrogens is 336 g/mol. The van der Waals surface area contributed by atoms with Gasteiger partial charge in [-0.05, 0) is 31.2 Å². The molecule has 130 valence electrons. The van der Waals surface area contributed by atoms with E-state index in [0.717, 1.165) is 22.3 Å². The van der Waals surface area contributed by atoms with Gasteiger partial charge in [-0.15, -0.1) is 10.2 Å². The molecule has 5 aromatic rings. The van der Waals surface area contributed by atoms with Gasteiger partial charge in [0.2, 0.25) is 5.78 Å². The molecule has 0 bridgehead atoms. The summed E-state index contributed by atoms with van der Waals surface area (Å²) >= 11 is 0. The van der Waals surface area contributed by atoms with Gasteiger partial charge in [-0.25, -0.2) is 4.57 Å². The van der Waals surface area contributed by atoms with Crippen LogP contribution in [0.4, 0.5) is 0 Å². The molecule has 0 N–H and O–H groups in total. The molecule has 0 amide bonds. The van der Waals surface area contributed by atoms with Crippen molar-refractivity contribution < 1.29 is 0 Å². The van der Waals surface area contributed by atoms with Gasteiger partial charge in [-0.2, -0.15) is 0 Å². The van der Waals surface area contributed by atoms with E-state index in [1.807, 2.05) is 90.2 Å². The Kier molecular flexibility index (Phi) is 3.40. The molecule has 0 atom stereocenters. The van der Waals surface area contributed by atoms with E-state index in [2.05, 4.69) is 10.2 Å². The molecule has 5 heteroatoms. The van der Waals surface area contributed by atoms with Gasteiger partial charge in [-0.3, -0.25) is 9.20 Å². The summed E-state index contributed by atoms with van der Waals surface area (Å²) in [5.74, 6) is 1.21. The third kappa shape index (κ3) is 2.36. The van der Waals surface area contributed by atoms with Crippen molar-refractivity contribution in [1.29, 1.82) is 0 Å². The first kappa shape index (κ1) is 15.5. The van der Waals surface area contributed by atoms with Crippen LogP contribution in [-0.2, 0) is 0 Å². The average Bonchev–Trinajstić information content (AvgIpc) is 3.14. The SMILES string of the molecule is Cc1ccc2c(c1)c(=O)n(-c1ccccc1)c1nnc(-c3ccccc3)n21. The van der Waals surface area contributed by atoms with Crippen molar-refractivity contribution in [3.05, 3.63) is 94.8 Å². The summed E-state index contributed by atoms with van der Waals surface area (Å²) in [5, 5.41) is 9.44. The number of hydrogen-bond donors (Lipinski definition) is 0. The third-order valence-corrected chi connectivity index (χ3v) is 4.72. The molecular formula is C22H16N4O. The largest absolute Gasteiger partial charge is 0.268 e.